The standard InChI is InChI=1S/C22H36N2O3/c1-2-3-4-5-6-7-8-9-12-19-14-16-20(17-15-19)24-21(25)13-10-11-18-23-22(26)27/h14-17,23H,2-13,18H2,1H3,(H,24,25)(H,26,27). The largest absolute Gasteiger partial charge is 0.465 e. The molecule has 3 N–H and O–H groups in total. The van der Waals surface area contributed by atoms with Crippen LogP contribution in [0.4, 0.5) is 10.5 Å². The van der Waals surface area contributed by atoms with Crippen molar-refractivity contribution in [1.29, 1.82) is 0 Å². The maximum absolute atomic E-state index is 11.9. The molecule has 0 aliphatic rings. The number of rotatable bonds is 15. The number of carbonyl (C=O) groups excluding carboxylic acids is 1. The molecule has 5 nitrogen and oxygen atoms in total. The van der Waals surface area contributed by atoms with Gasteiger partial charge in [0.25, 0.3) is 0 Å². The Hall–Kier alpha value is -2.04. The van der Waals surface area contributed by atoms with Gasteiger partial charge in [0.1, 0.15) is 0 Å². The second kappa shape index (κ2) is 15.1. The molecule has 1 aromatic rings. The van der Waals surface area contributed by atoms with Crippen molar-refractivity contribution in [2.24, 2.45) is 0 Å². The van der Waals surface area contributed by atoms with E-state index in [2.05, 4.69) is 29.7 Å². The summed E-state index contributed by atoms with van der Waals surface area (Å²) in [7, 11) is 0. The summed E-state index contributed by atoms with van der Waals surface area (Å²) < 4.78 is 0. The fourth-order valence-corrected chi connectivity index (χ4v) is 3.05. The number of aryl methyl sites for hydroxylation is 1. The normalized spacial score (nSPS) is 10.6. The molecule has 0 heterocycles. The van der Waals surface area contributed by atoms with Gasteiger partial charge in [-0.2, -0.15) is 0 Å². The molecule has 0 aliphatic carbocycles. The topological polar surface area (TPSA) is 78.4 Å². The molecule has 1 rings (SSSR count). The first kappa shape index (κ1) is 23.0. The van der Waals surface area contributed by atoms with Crippen molar-refractivity contribution in [3.63, 3.8) is 0 Å². The number of anilines is 1. The van der Waals surface area contributed by atoms with Crippen molar-refractivity contribution < 1.29 is 14.7 Å². The Morgan fingerprint density at radius 3 is 2.11 bits per heavy atom. The van der Waals surface area contributed by atoms with E-state index in [1.807, 2.05) is 12.1 Å². The molecule has 152 valence electrons. The minimum Gasteiger partial charge on any atom is -0.465 e. The van der Waals surface area contributed by atoms with E-state index >= 15 is 0 Å². The van der Waals surface area contributed by atoms with Crippen LogP contribution in [0.25, 0.3) is 0 Å². The Balaban J connectivity index is 2.10. The van der Waals surface area contributed by atoms with Gasteiger partial charge in [0.05, 0.1) is 0 Å². The second-order valence-electron chi connectivity index (χ2n) is 7.16. The molecule has 0 spiro atoms. The van der Waals surface area contributed by atoms with E-state index in [-0.39, 0.29) is 5.91 Å². The zero-order valence-electron chi connectivity index (χ0n) is 16.8. The summed E-state index contributed by atoms with van der Waals surface area (Å²) in [6.07, 6.45) is 12.4. The van der Waals surface area contributed by atoms with E-state index in [4.69, 9.17) is 5.11 Å². The van der Waals surface area contributed by atoms with Gasteiger partial charge in [0.2, 0.25) is 5.91 Å². The van der Waals surface area contributed by atoms with E-state index in [1.54, 1.807) is 0 Å². The number of hydrogen-bond donors (Lipinski definition) is 3. The number of nitrogens with one attached hydrogen (secondary N) is 2. The van der Waals surface area contributed by atoms with Gasteiger partial charge in [-0.1, -0.05) is 64.0 Å². The predicted molar refractivity (Wildman–Crippen MR) is 111 cm³/mol. The average molecular weight is 377 g/mol. The third-order valence-corrected chi connectivity index (χ3v) is 4.66. The number of amides is 2. The number of unbranched alkanes of at least 4 members (excludes halogenated alkanes) is 8. The average Bonchev–Trinajstić information content (AvgIpc) is 2.64. The predicted octanol–water partition coefficient (Wildman–Crippen LogP) is 5.75. The van der Waals surface area contributed by atoms with Gasteiger partial charge in [-0.25, -0.2) is 4.79 Å². The van der Waals surface area contributed by atoms with E-state index in [0.717, 1.165) is 12.1 Å². The van der Waals surface area contributed by atoms with Crippen molar-refractivity contribution in [3.8, 4) is 0 Å². The summed E-state index contributed by atoms with van der Waals surface area (Å²) in [4.78, 5) is 22.2. The molecule has 5 heteroatoms. The van der Waals surface area contributed by atoms with Crippen molar-refractivity contribution in [3.05, 3.63) is 29.8 Å². The van der Waals surface area contributed by atoms with Crippen molar-refractivity contribution in [2.45, 2.75) is 84.0 Å². The smallest absolute Gasteiger partial charge is 0.404 e. The van der Waals surface area contributed by atoms with E-state index < -0.39 is 6.09 Å². The molecular weight excluding hydrogens is 340 g/mol. The number of carbonyl (C=O) groups is 2. The molecule has 0 atom stereocenters. The van der Waals surface area contributed by atoms with Crippen LogP contribution in [0, 0.1) is 0 Å². The van der Waals surface area contributed by atoms with E-state index in [1.165, 1.54) is 56.9 Å². The van der Waals surface area contributed by atoms with Crippen LogP contribution in [0.2, 0.25) is 0 Å². The van der Waals surface area contributed by atoms with Crippen LogP contribution >= 0.6 is 0 Å². The van der Waals surface area contributed by atoms with E-state index in [0.29, 0.717) is 25.8 Å². The highest BCUT2D eigenvalue weighted by Crippen LogP contribution is 2.14. The zero-order chi connectivity index (χ0) is 19.7. The summed E-state index contributed by atoms with van der Waals surface area (Å²) >= 11 is 0. The SMILES string of the molecule is CCCCCCCCCCc1ccc(NC(=O)CCCCNC(=O)O)cc1. The molecule has 1 aromatic carbocycles. The van der Waals surface area contributed by atoms with Gasteiger partial charge in [-0.3, -0.25) is 4.79 Å². The highest BCUT2D eigenvalue weighted by molar-refractivity contribution is 5.90. The Morgan fingerprint density at radius 1 is 0.852 bits per heavy atom. The third kappa shape index (κ3) is 12.9. The molecule has 0 saturated heterocycles. The molecule has 2 amide bonds. The molecule has 0 bridgehead atoms. The summed E-state index contributed by atoms with van der Waals surface area (Å²) in [5.41, 5.74) is 2.14. The Kier molecular flexibility index (Phi) is 12.8. The van der Waals surface area contributed by atoms with Crippen molar-refractivity contribution in [2.75, 3.05) is 11.9 Å². The minimum atomic E-state index is -1.02. The molecular formula is C22H36N2O3. The highest BCUT2D eigenvalue weighted by Gasteiger charge is 2.03. The Labute approximate surface area is 163 Å². The molecule has 0 unspecified atom stereocenters. The maximum Gasteiger partial charge on any atom is 0.404 e. The number of carboxylic acid groups (broad SMARTS) is 1. The van der Waals surface area contributed by atoms with Crippen LogP contribution in [0.5, 0.6) is 0 Å². The second-order valence-corrected chi connectivity index (χ2v) is 7.16. The number of hydrogen-bond acceptors (Lipinski definition) is 2. The van der Waals surface area contributed by atoms with Gasteiger partial charge in [-0.05, 0) is 43.4 Å². The van der Waals surface area contributed by atoms with Crippen LogP contribution in [0.1, 0.15) is 83.1 Å². The zero-order valence-corrected chi connectivity index (χ0v) is 16.8. The van der Waals surface area contributed by atoms with Crippen LogP contribution in [-0.2, 0) is 11.2 Å². The lowest BCUT2D eigenvalue weighted by Gasteiger charge is -2.07. The molecule has 0 saturated carbocycles. The first-order chi connectivity index (χ1) is 13.1. The molecule has 0 fully saturated rings. The van der Waals surface area contributed by atoms with Crippen molar-refractivity contribution in [1.82, 2.24) is 5.32 Å². The van der Waals surface area contributed by atoms with Gasteiger partial charge >= 0.3 is 6.09 Å². The summed E-state index contributed by atoms with van der Waals surface area (Å²) in [5, 5.41) is 13.7. The lowest BCUT2D eigenvalue weighted by Crippen LogP contribution is -2.22. The fraction of sp³-hybridized carbons (Fsp3) is 0.636. The van der Waals surface area contributed by atoms with Gasteiger partial charge in [-0.15, -0.1) is 0 Å². The first-order valence-electron chi connectivity index (χ1n) is 10.5. The maximum atomic E-state index is 11.9. The molecule has 0 aliphatic heterocycles. The quantitative estimate of drug-likeness (QED) is 0.341. The van der Waals surface area contributed by atoms with Crippen molar-refractivity contribution >= 4 is 17.7 Å². The van der Waals surface area contributed by atoms with Crippen LogP contribution in [0.3, 0.4) is 0 Å². The summed E-state index contributed by atoms with van der Waals surface area (Å²) in [6.45, 7) is 2.63. The highest BCUT2D eigenvalue weighted by atomic mass is 16.4. The minimum absolute atomic E-state index is 0.0267. The Morgan fingerprint density at radius 2 is 1.48 bits per heavy atom. The summed E-state index contributed by atoms with van der Waals surface area (Å²) in [6, 6.07) is 8.11. The van der Waals surface area contributed by atoms with Gasteiger partial charge < -0.3 is 15.7 Å². The van der Waals surface area contributed by atoms with Crippen LogP contribution < -0.4 is 10.6 Å². The molecule has 0 radical (unpaired) electrons. The van der Waals surface area contributed by atoms with Gasteiger partial charge in [0.15, 0.2) is 0 Å². The lowest BCUT2D eigenvalue weighted by molar-refractivity contribution is -0.116. The van der Waals surface area contributed by atoms with E-state index in [9.17, 15) is 9.59 Å². The third-order valence-electron chi connectivity index (χ3n) is 4.66. The molecule has 27 heavy (non-hydrogen) atoms. The summed E-state index contributed by atoms with van der Waals surface area (Å²) in [5.74, 6) is -0.0267. The first-order valence-corrected chi connectivity index (χ1v) is 10.5. The lowest BCUT2D eigenvalue weighted by atomic mass is 10.0. The van der Waals surface area contributed by atoms with Crippen LogP contribution in [0.15, 0.2) is 24.3 Å². The molecule has 0 aromatic heterocycles. The Bertz CT molecular complexity index is 529. The monoisotopic (exact) mass is 376 g/mol. The number of benzene rings is 1. The van der Waals surface area contributed by atoms with Gasteiger partial charge in [0, 0.05) is 18.7 Å². The fourth-order valence-electron chi connectivity index (χ4n) is 3.05. The van der Waals surface area contributed by atoms with Crippen LogP contribution in [-0.4, -0.2) is 23.7 Å².